The second-order valence-electron chi connectivity index (χ2n) is 4.10. The van der Waals surface area contributed by atoms with Crippen LogP contribution in [-0.4, -0.2) is 11.2 Å². The van der Waals surface area contributed by atoms with Crippen LogP contribution in [0.25, 0.3) is 0 Å². The highest BCUT2D eigenvalue weighted by atomic mass is 16.3. The number of rotatable bonds is 9. The quantitative estimate of drug-likeness (QED) is 0.437. The van der Waals surface area contributed by atoms with Crippen LogP contribution >= 0.6 is 0 Å². The van der Waals surface area contributed by atoms with Crippen LogP contribution in [0, 0.1) is 0 Å². The molecule has 0 radical (unpaired) electrons. The zero-order valence-corrected chi connectivity index (χ0v) is 9.84. The molecule has 1 atom stereocenters. The largest absolute Gasteiger partial charge is 0.393 e. The van der Waals surface area contributed by atoms with Gasteiger partial charge >= 0.3 is 0 Å². The van der Waals surface area contributed by atoms with Crippen LogP contribution in [0.4, 0.5) is 0 Å². The van der Waals surface area contributed by atoms with E-state index < -0.39 is 0 Å². The molecule has 1 nitrogen and oxygen atoms in total. The highest BCUT2D eigenvalue weighted by Crippen LogP contribution is 2.05. The van der Waals surface area contributed by atoms with Crippen molar-refractivity contribution in [2.24, 2.45) is 0 Å². The van der Waals surface area contributed by atoms with E-state index in [1.54, 1.807) is 0 Å². The lowest BCUT2D eigenvalue weighted by molar-refractivity contribution is 0.181. The Balaban J connectivity index is 3.03. The Hall–Kier alpha value is -0.300. The van der Waals surface area contributed by atoms with Crippen LogP contribution in [0.3, 0.4) is 0 Å². The van der Waals surface area contributed by atoms with Crippen molar-refractivity contribution < 1.29 is 5.11 Å². The van der Waals surface area contributed by atoms with Gasteiger partial charge in [-0.2, -0.15) is 0 Å². The summed E-state index contributed by atoms with van der Waals surface area (Å²) < 4.78 is 0. The molecule has 0 saturated heterocycles. The monoisotopic (exact) mass is 198 g/mol. The van der Waals surface area contributed by atoms with Gasteiger partial charge in [0.2, 0.25) is 0 Å². The maximum atomic E-state index is 9.03. The van der Waals surface area contributed by atoms with Crippen LogP contribution in [0.5, 0.6) is 0 Å². The Labute approximate surface area is 89.2 Å². The van der Waals surface area contributed by atoms with Crippen molar-refractivity contribution in [3.05, 3.63) is 12.2 Å². The van der Waals surface area contributed by atoms with Gasteiger partial charge in [-0.15, -0.1) is 0 Å². The number of unbranched alkanes of at least 4 members (excludes halogenated alkanes) is 5. The average Bonchev–Trinajstić information content (AvgIpc) is 2.15. The predicted molar refractivity (Wildman–Crippen MR) is 63.4 cm³/mol. The van der Waals surface area contributed by atoms with Crippen LogP contribution in [0.2, 0.25) is 0 Å². The standard InChI is InChI=1S/C13H26O/c1-3-4-5-6-7-8-9-10-11-12-13(2)14/h7-8,13-14H,3-6,9-12H2,1-2H3/b8-7-. The summed E-state index contributed by atoms with van der Waals surface area (Å²) in [5, 5.41) is 9.03. The Morgan fingerprint density at radius 2 is 1.57 bits per heavy atom. The van der Waals surface area contributed by atoms with E-state index in [0.29, 0.717) is 0 Å². The van der Waals surface area contributed by atoms with Crippen molar-refractivity contribution in [2.75, 3.05) is 0 Å². The average molecular weight is 198 g/mol. The van der Waals surface area contributed by atoms with E-state index in [9.17, 15) is 0 Å². The minimum atomic E-state index is -0.122. The van der Waals surface area contributed by atoms with Crippen LogP contribution in [-0.2, 0) is 0 Å². The molecule has 1 unspecified atom stereocenters. The molecule has 84 valence electrons. The van der Waals surface area contributed by atoms with Crippen LogP contribution in [0.1, 0.15) is 65.2 Å². The molecule has 0 aliphatic carbocycles. The summed E-state index contributed by atoms with van der Waals surface area (Å²) in [6.45, 7) is 4.10. The van der Waals surface area contributed by atoms with Gasteiger partial charge < -0.3 is 5.11 Å². The van der Waals surface area contributed by atoms with E-state index in [0.717, 1.165) is 12.8 Å². The van der Waals surface area contributed by atoms with Crippen molar-refractivity contribution in [3.8, 4) is 0 Å². The molecule has 0 saturated carbocycles. The third-order valence-corrected chi connectivity index (χ3v) is 2.38. The van der Waals surface area contributed by atoms with Gasteiger partial charge in [-0.25, -0.2) is 0 Å². The SMILES string of the molecule is CCCCC/C=C\CCCCC(C)O. The number of aliphatic hydroxyl groups excluding tert-OH is 1. The van der Waals surface area contributed by atoms with Gasteiger partial charge in [0.05, 0.1) is 6.10 Å². The lowest BCUT2D eigenvalue weighted by Crippen LogP contribution is -1.97. The number of hydrogen-bond donors (Lipinski definition) is 1. The van der Waals surface area contributed by atoms with Crippen LogP contribution in [0.15, 0.2) is 12.2 Å². The molecule has 0 aromatic heterocycles. The Bertz CT molecular complexity index is 127. The van der Waals surface area contributed by atoms with E-state index >= 15 is 0 Å². The first-order valence-corrected chi connectivity index (χ1v) is 6.10. The molecule has 0 aliphatic heterocycles. The number of aliphatic hydroxyl groups is 1. The third-order valence-electron chi connectivity index (χ3n) is 2.38. The van der Waals surface area contributed by atoms with Crippen molar-refractivity contribution in [1.82, 2.24) is 0 Å². The van der Waals surface area contributed by atoms with E-state index in [1.807, 2.05) is 6.92 Å². The summed E-state index contributed by atoms with van der Waals surface area (Å²) in [4.78, 5) is 0. The third kappa shape index (κ3) is 11.7. The van der Waals surface area contributed by atoms with Crippen molar-refractivity contribution in [3.63, 3.8) is 0 Å². The predicted octanol–water partition coefficient (Wildman–Crippen LogP) is 4.06. The Morgan fingerprint density at radius 3 is 2.07 bits per heavy atom. The summed E-state index contributed by atoms with van der Waals surface area (Å²) in [7, 11) is 0. The lowest BCUT2D eigenvalue weighted by atomic mass is 10.1. The molecule has 0 heterocycles. The van der Waals surface area contributed by atoms with E-state index in [2.05, 4.69) is 19.1 Å². The summed E-state index contributed by atoms with van der Waals surface area (Å²) in [6, 6.07) is 0. The fraction of sp³-hybridized carbons (Fsp3) is 0.846. The smallest absolute Gasteiger partial charge is 0.0512 e. The highest BCUT2D eigenvalue weighted by molar-refractivity contribution is 4.81. The minimum absolute atomic E-state index is 0.122. The summed E-state index contributed by atoms with van der Waals surface area (Å²) in [5.74, 6) is 0. The Kier molecular flexibility index (Phi) is 10.5. The van der Waals surface area contributed by atoms with E-state index in [4.69, 9.17) is 5.11 Å². The van der Waals surface area contributed by atoms with Gasteiger partial charge in [-0.3, -0.25) is 0 Å². The van der Waals surface area contributed by atoms with Gasteiger partial charge in [-0.1, -0.05) is 38.3 Å². The fourth-order valence-electron chi connectivity index (χ4n) is 1.45. The number of hydrogen-bond acceptors (Lipinski definition) is 1. The summed E-state index contributed by atoms with van der Waals surface area (Å²) >= 11 is 0. The van der Waals surface area contributed by atoms with E-state index in [1.165, 1.54) is 38.5 Å². The molecule has 1 heteroatoms. The molecule has 14 heavy (non-hydrogen) atoms. The molecule has 0 spiro atoms. The van der Waals surface area contributed by atoms with Crippen LogP contribution < -0.4 is 0 Å². The molecule has 1 N–H and O–H groups in total. The first-order chi connectivity index (χ1) is 6.77. The van der Waals surface area contributed by atoms with Gasteiger partial charge in [-0.05, 0) is 39.0 Å². The zero-order chi connectivity index (χ0) is 10.6. The zero-order valence-electron chi connectivity index (χ0n) is 9.84. The molecule has 0 aromatic rings. The van der Waals surface area contributed by atoms with Gasteiger partial charge in [0.15, 0.2) is 0 Å². The highest BCUT2D eigenvalue weighted by Gasteiger charge is 1.93. The van der Waals surface area contributed by atoms with E-state index in [-0.39, 0.29) is 6.10 Å². The molecule has 0 rings (SSSR count). The van der Waals surface area contributed by atoms with Crippen molar-refractivity contribution in [1.29, 1.82) is 0 Å². The maximum Gasteiger partial charge on any atom is 0.0512 e. The molecule has 0 amide bonds. The summed E-state index contributed by atoms with van der Waals surface area (Å²) in [5.41, 5.74) is 0. The van der Waals surface area contributed by atoms with Crippen molar-refractivity contribution in [2.45, 2.75) is 71.3 Å². The second-order valence-corrected chi connectivity index (χ2v) is 4.10. The molecule has 0 bridgehead atoms. The molecule has 0 aromatic carbocycles. The minimum Gasteiger partial charge on any atom is -0.393 e. The normalized spacial score (nSPS) is 13.6. The lowest BCUT2D eigenvalue weighted by Gasteiger charge is -2.01. The van der Waals surface area contributed by atoms with Gasteiger partial charge in [0.25, 0.3) is 0 Å². The topological polar surface area (TPSA) is 20.2 Å². The van der Waals surface area contributed by atoms with Crippen molar-refractivity contribution >= 4 is 0 Å². The second kappa shape index (κ2) is 10.8. The molecule has 0 fully saturated rings. The first kappa shape index (κ1) is 13.7. The van der Waals surface area contributed by atoms with Gasteiger partial charge in [0.1, 0.15) is 0 Å². The maximum absolute atomic E-state index is 9.03. The first-order valence-electron chi connectivity index (χ1n) is 6.10. The molecular formula is C13H26O. The summed E-state index contributed by atoms with van der Waals surface area (Å²) in [6.07, 6.45) is 14.2. The fourth-order valence-corrected chi connectivity index (χ4v) is 1.45. The van der Waals surface area contributed by atoms with Gasteiger partial charge in [0, 0.05) is 0 Å². The Morgan fingerprint density at radius 1 is 1.00 bits per heavy atom. The molecular weight excluding hydrogens is 172 g/mol. The number of allylic oxidation sites excluding steroid dienone is 2. The molecule has 0 aliphatic rings.